The third-order valence-electron chi connectivity index (χ3n) is 4.51. The van der Waals surface area contributed by atoms with Crippen molar-refractivity contribution in [2.24, 2.45) is 11.8 Å². The van der Waals surface area contributed by atoms with Crippen LogP contribution in [0.1, 0.15) is 49.8 Å². The molecule has 1 heteroatoms. The van der Waals surface area contributed by atoms with Crippen molar-refractivity contribution in [1.82, 2.24) is 5.32 Å². The molecule has 1 N–H and O–H groups in total. The largest absolute Gasteiger partial charge is 0.314 e. The number of nitrogens with one attached hydrogen (secondary N) is 1. The summed E-state index contributed by atoms with van der Waals surface area (Å²) in [6.45, 7) is 10.1. The maximum atomic E-state index is 3.73. The first-order valence-electron chi connectivity index (χ1n) is 7.89. The van der Waals surface area contributed by atoms with Crippen molar-refractivity contribution in [2.75, 3.05) is 6.54 Å². The summed E-state index contributed by atoms with van der Waals surface area (Å²) in [6, 6.07) is 7.64. The molecule has 2 rings (SSSR count). The molecule has 0 aromatic heterocycles. The zero-order valence-corrected chi connectivity index (χ0v) is 13.0. The van der Waals surface area contributed by atoms with E-state index in [1.54, 1.807) is 0 Å². The molecule has 0 aliphatic heterocycles. The maximum Gasteiger partial charge on any atom is 0.0136 e. The van der Waals surface area contributed by atoms with Gasteiger partial charge in [-0.1, -0.05) is 49.6 Å². The highest BCUT2D eigenvalue weighted by atomic mass is 14.9. The van der Waals surface area contributed by atoms with Gasteiger partial charge in [-0.15, -0.1) is 0 Å². The quantitative estimate of drug-likeness (QED) is 0.833. The Morgan fingerprint density at radius 1 is 1.16 bits per heavy atom. The predicted molar refractivity (Wildman–Crippen MR) is 83.6 cm³/mol. The van der Waals surface area contributed by atoms with Crippen LogP contribution in [0.3, 0.4) is 0 Å². The van der Waals surface area contributed by atoms with Crippen molar-refractivity contribution < 1.29 is 0 Å². The van der Waals surface area contributed by atoms with Crippen LogP contribution in [0.4, 0.5) is 0 Å². The molecule has 0 saturated heterocycles. The summed E-state index contributed by atoms with van der Waals surface area (Å²) in [7, 11) is 0. The molecule has 19 heavy (non-hydrogen) atoms. The Morgan fingerprint density at radius 2 is 1.84 bits per heavy atom. The summed E-state index contributed by atoms with van der Waals surface area (Å²) < 4.78 is 0. The Labute approximate surface area is 118 Å². The molecular formula is C18H29N. The van der Waals surface area contributed by atoms with Gasteiger partial charge in [-0.25, -0.2) is 0 Å². The van der Waals surface area contributed by atoms with Gasteiger partial charge in [0.1, 0.15) is 0 Å². The lowest BCUT2D eigenvalue weighted by atomic mass is 9.90. The average Bonchev–Trinajstić information content (AvgIpc) is 2.74. The molecule has 1 aliphatic carbocycles. The van der Waals surface area contributed by atoms with Crippen molar-refractivity contribution in [3.05, 3.63) is 34.9 Å². The minimum atomic E-state index is 0.663. The third-order valence-corrected chi connectivity index (χ3v) is 4.51. The van der Waals surface area contributed by atoms with Crippen LogP contribution in [0.25, 0.3) is 0 Å². The molecule has 0 radical (unpaired) electrons. The lowest BCUT2D eigenvalue weighted by Gasteiger charge is -2.25. The second kappa shape index (κ2) is 6.56. The molecule has 3 atom stereocenters. The lowest BCUT2D eigenvalue weighted by Crippen LogP contribution is -2.37. The summed E-state index contributed by atoms with van der Waals surface area (Å²) in [5.74, 6) is 1.79. The standard InChI is InChI=1S/C18H29N/c1-5-19-18(17-7-6-13(2)11-17)12-16-9-14(3)8-15(4)10-16/h8-10,13,17-19H,5-7,11-12H2,1-4H3. The fraction of sp³-hybridized carbons (Fsp3) is 0.667. The predicted octanol–water partition coefficient (Wildman–Crippen LogP) is 4.26. The molecule has 0 heterocycles. The molecule has 1 aromatic carbocycles. The van der Waals surface area contributed by atoms with Gasteiger partial charge in [0.05, 0.1) is 0 Å². The molecule has 3 unspecified atom stereocenters. The van der Waals surface area contributed by atoms with E-state index in [2.05, 4.69) is 51.2 Å². The lowest BCUT2D eigenvalue weighted by molar-refractivity contribution is 0.354. The van der Waals surface area contributed by atoms with Crippen LogP contribution < -0.4 is 5.32 Å². The number of aryl methyl sites for hydroxylation is 2. The average molecular weight is 259 g/mol. The first-order chi connectivity index (χ1) is 9.08. The van der Waals surface area contributed by atoms with E-state index in [1.807, 2.05) is 0 Å². The topological polar surface area (TPSA) is 12.0 Å². The Kier molecular flexibility index (Phi) is 5.04. The highest BCUT2D eigenvalue weighted by Gasteiger charge is 2.28. The summed E-state index contributed by atoms with van der Waals surface area (Å²) >= 11 is 0. The zero-order chi connectivity index (χ0) is 13.8. The molecular weight excluding hydrogens is 230 g/mol. The van der Waals surface area contributed by atoms with E-state index in [0.29, 0.717) is 6.04 Å². The molecule has 106 valence electrons. The maximum absolute atomic E-state index is 3.73. The third kappa shape index (κ3) is 4.07. The van der Waals surface area contributed by atoms with Gasteiger partial charge in [0.2, 0.25) is 0 Å². The van der Waals surface area contributed by atoms with E-state index in [9.17, 15) is 0 Å². The van der Waals surface area contributed by atoms with E-state index >= 15 is 0 Å². The van der Waals surface area contributed by atoms with Crippen LogP contribution in [0, 0.1) is 25.7 Å². The normalized spacial score (nSPS) is 24.6. The van der Waals surface area contributed by atoms with Crippen LogP contribution in [-0.2, 0) is 6.42 Å². The van der Waals surface area contributed by atoms with Crippen molar-refractivity contribution in [3.63, 3.8) is 0 Å². The molecule has 1 aromatic rings. The van der Waals surface area contributed by atoms with Gasteiger partial charge in [0.15, 0.2) is 0 Å². The second-order valence-electron chi connectivity index (χ2n) is 6.54. The van der Waals surface area contributed by atoms with Crippen molar-refractivity contribution in [2.45, 2.75) is 59.4 Å². The molecule has 1 nitrogen and oxygen atoms in total. The van der Waals surface area contributed by atoms with Gasteiger partial charge in [-0.3, -0.25) is 0 Å². The van der Waals surface area contributed by atoms with E-state index in [0.717, 1.165) is 18.4 Å². The first-order valence-corrected chi connectivity index (χ1v) is 7.89. The molecule has 1 fully saturated rings. The second-order valence-corrected chi connectivity index (χ2v) is 6.54. The van der Waals surface area contributed by atoms with Crippen LogP contribution in [0.5, 0.6) is 0 Å². The molecule has 0 spiro atoms. The summed E-state index contributed by atoms with van der Waals surface area (Å²) in [5, 5.41) is 3.73. The number of hydrogen-bond donors (Lipinski definition) is 1. The highest BCUT2D eigenvalue weighted by molar-refractivity contribution is 5.29. The van der Waals surface area contributed by atoms with Crippen LogP contribution >= 0.6 is 0 Å². The Morgan fingerprint density at radius 3 is 2.37 bits per heavy atom. The van der Waals surface area contributed by atoms with Gasteiger partial charge in [0, 0.05) is 6.04 Å². The van der Waals surface area contributed by atoms with Crippen molar-refractivity contribution >= 4 is 0 Å². The molecule has 1 saturated carbocycles. The smallest absolute Gasteiger partial charge is 0.0136 e. The number of benzene rings is 1. The number of rotatable bonds is 5. The van der Waals surface area contributed by atoms with Crippen LogP contribution in [-0.4, -0.2) is 12.6 Å². The van der Waals surface area contributed by atoms with Gasteiger partial charge in [-0.05, 0) is 57.1 Å². The molecule has 0 amide bonds. The summed E-state index contributed by atoms with van der Waals surface area (Å²) in [4.78, 5) is 0. The van der Waals surface area contributed by atoms with Crippen molar-refractivity contribution in [1.29, 1.82) is 0 Å². The minimum absolute atomic E-state index is 0.663. The summed E-state index contributed by atoms with van der Waals surface area (Å²) in [6.07, 6.45) is 5.42. The van der Waals surface area contributed by atoms with Crippen molar-refractivity contribution in [3.8, 4) is 0 Å². The fourth-order valence-electron chi connectivity index (χ4n) is 3.73. The van der Waals surface area contributed by atoms with Gasteiger partial charge >= 0.3 is 0 Å². The Hall–Kier alpha value is -0.820. The van der Waals surface area contributed by atoms with E-state index in [-0.39, 0.29) is 0 Å². The number of hydrogen-bond acceptors (Lipinski definition) is 1. The minimum Gasteiger partial charge on any atom is -0.314 e. The monoisotopic (exact) mass is 259 g/mol. The van der Waals surface area contributed by atoms with Gasteiger partial charge < -0.3 is 5.32 Å². The Balaban J connectivity index is 2.07. The van der Waals surface area contributed by atoms with Crippen LogP contribution in [0.15, 0.2) is 18.2 Å². The SMILES string of the molecule is CCNC(Cc1cc(C)cc(C)c1)C1CCC(C)C1. The molecule has 0 bridgehead atoms. The molecule has 1 aliphatic rings. The fourth-order valence-corrected chi connectivity index (χ4v) is 3.73. The first kappa shape index (κ1) is 14.6. The van der Waals surface area contributed by atoms with E-state index in [1.165, 1.54) is 42.4 Å². The van der Waals surface area contributed by atoms with E-state index < -0.39 is 0 Å². The van der Waals surface area contributed by atoms with Gasteiger partial charge in [0.25, 0.3) is 0 Å². The highest BCUT2D eigenvalue weighted by Crippen LogP contribution is 2.33. The van der Waals surface area contributed by atoms with E-state index in [4.69, 9.17) is 0 Å². The number of likely N-dealkylation sites (N-methyl/N-ethyl adjacent to an activating group) is 1. The van der Waals surface area contributed by atoms with Crippen LogP contribution in [0.2, 0.25) is 0 Å². The Bertz CT molecular complexity index is 390. The van der Waals surface area contributed by atoms with Gasteiger partial charge in [-0.2, -0.15) is 0 Å². The zero-order valence-electron chi connectivity index (χ0n) is 13.0. The summed E-state index contributed by atoms with van der Waals surface area (Å²) in [5.41, 5.74) is 4.29.